The second-order valence-corrected chi connectivity index (χ2v) is 3.88. The van der Waals surface area contributed by atoms with E-state index in [0.29, 0.717) is 11.7 Å². The van der Waals surface area contributed by atoms with Gasteiger partial charge in [-0.1, -0.05) is 25.9 Å². The minimum atomic E-state index is -0.449. The quantitative estimate of drug-likeness (QED) is 0.805. The third-order valence-electron chi connectivity index (χ3n) is 3.14. The highest BCUT2D eigenvalue weighted by atomic mass is 16.5. The summed E-state index contributed by atoms with van der Waals surface area (Å²) in [6.45, 7) is 6.07. The van der Waals surface area contributed by atoms with E-state index in [1.807, 2.05) is 20.8 Å². The van der Waals surface area contributed by atoms with Crippen molar-refractivity contribution in [3.63, 3.8) is 0 Å². The molecule has 1 atom stereocenters. The number of nitrogens with two attached hydrogens (primary N) is 1. The van der Waals surface area contributed by atoms with Crippen LogP contribution in [0.5, 0.6) is 0 Å². The number of rotatable bonds is 6. The molecule has 16 heavy (non-hydrogen) atoms. The van der Waals surface area contributed by atoms with Gasteiger partial charge in [0.05, 0.1) is 6.04 Å². The third-order valence-corrected chi connectivity index (χ3v) is 3.14. The van der Waals surface area contributed by atoms with Gasteiger partial charge in [-0.15, -0.1) is 0 Å². The van der Waals surface area contributed by atoms with Crippen molar-refractivity contribution in [1.82, 2.24) is 10.1 Å². The van der Waals surface area contributed by atoms with Crippen LogP contribution < -0.4 is 5.73 Å². The van der Waals surface area contributed by atoms with E-state index in [1.165, 1.54) is 0 Å². The summed E-state index contributed by atoms with van der Waals surface area (Å²) >= 11 is 0. The Morgan fingerprint density at radius 2 is 2.00 bits per heavy atom. The van der Waals surface area contributed by atoms with E-state index in [1.54, 1.807) is 7.11 Å². The van der Waals surface area contributed by atoms with Gasteiger partial charge in [-0.2, -0.15) is 4.98 Å². The zero-order valence-electron chi connectivity index (χ0n) is 10.5. The van der Waals surface area contributed by atoms with Gasteiger partial charge in [-0.25, -0.2) is 0 Å². The van der Waals surface area contributed by atoms with E-state index in [9.17, 15) is 0 Å². The normalized spacial score (nSPS) is 14.1. The molecule has 0 aliphatic rings. The summed E-state index contributed by atoms with van der Waals surface area (Å²) in [4.78, 5) is 4.34. The van der Waals surface area contributed by atoms with Crippen LogP contribution in [0, 0.1) is 0 Å². The summed E-state index contributed by atoms with van der Waals surface area (Å²) in [6.07, 6.45) is 2.39. The van der Waals surface area contributed by atoms with E-state index in [0.717, 1.165) is 19.3 Å². The van der Waals surface area contributed by atoms with E-state index >= 15 is 0 Å². The minimum Gasteiger partial charge on any atom is -0.370 e. The molecule has 1 aromatic rings. The highest BCUT2D eigenvalue weighted by Crippen LogP contribution is 2.30. The first kappa shape index (κ1) is 13.1. The van der Waals surface area contributed by atoms with Crippen molar-refractivity contribution in [2.45, 2.75) is 51.7 Å². The summed E-state index contributed by atoms with van der Waals surface area (Å²) in [6, 6.07) is -0.190. The van der Waals surface area contributed by atoms with E-state index in [2.05, 4.69) is 10.1 Å². The second kappa shape index (κ2) is 5.41. The van der Waals surface area contributed by atoms with Gasteiger partial charge in [0, 0.05) is 7.11 Å². The predicted octanol–water partition coefficient (Wildman–Crippen LogP) is 2.14. The van der Waals surface area contributed by atoms with Crippen LogP contribution in [0.2, 0.25) is 0 Å². The Hall–Kier alpha value is -0.940. The Labute approximate surface area is 96.4 Å². The maximum absolute atomic E-state index is 5.84. The van der Waals surface area contributed by atoms with Crippen LogP contribution in [-0.4, -0.2) is 17.3 Å². The maximum atomic E-state index is 5.84. The Morgan fingerprint density at radius 1 is 1.38 bits per heavy atom. The Balaban J connectivity index is 2.99. The van der Waals surface area contributed by atoms with Gasteiger partial charge in [-0.05, 0) is 19.3 Å². The smallest absolute Gasteiger partial charge is 0.243 e. The number of hydrogen-bond donors (Lipinski definition) is 1. The number of nitrogens with zero attached hydrogens (tertiary/aromatic N) is 2. The van der Waals surface area contributed by atoms with Gasteiger partial charge >= 0.3 is 0 Å². The van der Waals surface area contributed by atoms with E-state index in [4.69, 9.17) is 15.0 Å². The van der Waals surface area contributed by atoms with Gasteiger partial charge in [-0.3, -0.25) is 0 Å². The molecule has 1 rings (SSSR count). The molecule has 1 aromatic heterocycles. The van der Waals surface area contributed by atoms with Crippen LogP contribution in [0.1, 0.15) is 57.8 Å². The van der Waals surface area contributed by atoms with Crippen LogP contribution in [-0.2, 0) is 10.3 Å². The topological polar surface area (TPSA) is 74.2 Å². The number of aromatic nitrogens is 2. The summed E-state index contributed by atoms with van der Waals surface area (Å²) in [5.74, 6) is 1.08. The van der Waals surface area contributed by atoms with Crippen molar-refractivity contribution in [3.8, 4) is 0 Å². The Bertz CT molecular complexity index is 313. The monoisotopic (exact) mass is 227 g/mol. The molecule has 0 saturated carbocycles. The maximum Gasteiger partial charge on any atom is 0.243 e. The van der Waals surface area contributed by atoms with Crippen LogP contribution >= 0.6 is 0 Å². The van der Waals surface area contributed by atoms with E-state index in [-0.39, 0.29) is 6.04 Å². The average Bonchev–Trinajstić information content (AvgIpc) is 2.81. The van der Waals surface area contributed by atoms with E-state index < -0.39 is 5.60 Å². The largest absolute Gasteiger partial charge is 0.370 e. The first-order valence-corrected chi connectivity index (χ1v) is 5.78. The molecule has 0 bridgehead atoms. The van der Waals surface area contributed by atoms with Gasteiger partial charge in [0.1, 0.15) is 5.60 Å². The predicted molar refractivity (Wildman–Crippen MR) is 60.8 cm³/mol. The molecule has 0 unspecified atom stereocenters. The number of methoxy groups -OCH3 is 1. The standard InChI is InChI=1S/C11H21N3O2/c1-5-8(12)9-13-10(14-16-9)11(6-2,7-3)15-4/h8H,5-7,12H2,1-4H3/t8-/m0/s1. The van der Waals surface area contributed by atoms with Crippen molar-refractivity contribution in [3.05, 3.63) is 11.7 Å². The summed E-state index contributed by atoms with van der Waals surface area (Å²) < 4.78 is 10.7. The van der Waals surface area contributed by atoms with Crippen molar-refractivity contribution < 1.29 is 9.26 Å². The molecule has 0 aromatic carbocycles. The van der Waals surface area contributed by atoms with Crippen LogP contribution in [0.25, 0.3) is 0 Å². The molecular formula is C11H21N3O2. The lowest BCUT2D eigenvalue weighted by Crippen LogP contribution is -2.28. The molecule has 5 heteroatoms. The van der Waals surface area contributed by atoms with Gasteiger partial charge in [0.2, 0.25) is 11.7 Å². The van der Waals surface area contributed by atoms with Crippen molar-refractivity contribution >= 4 is 0 Å². The fourth-order valence-electron chi connectivity index (χ4n) is 1.69. The van der Waals surface area contributed by atoms with Crippen molar-refractivity contribution in [1.29, 1.82) is 0 Å². The highest BCUT2D eigenvalue weighted by molar-refractivity contribution is 5.02. The lowest BCUT2D eigenvalue weighted by molar-refractivity contribution is -0.0306. The zero-order valence-corrected chi connectivity index (χ0v) is 10.5. The Morgan fingerprint density at radius 3 is 2.44 bits per heavy atom. The van der Waals surface area contributed by atoms with Gasteiger partial charge in [0.25, 0.3) is 0 Å². The summed E-state index contributed by atoms with van der Waals surface area (Å²) in [5.41, 5.74) is 5.39. The van der Waals surface area contributed by atoms with Gasteiger partial charge < -0.3 is 15.0 Å². The lowest BCUT2D eigenvalue weighted by Gasteiger charge is -2.25. The first-order valence-electron chi connectivity index (χ1n) is 5.78. The lowest BCUT2D eigenvalue weighted by atomic mass is 9.96. The molecule has 0 radical (unpaired) electrons. The van der Waals surface area contributed by atoms with Gasteiger partial charge in [0.15, 0.2) is 0 Å². The van der Waals surface area contributed by atoms with Crippen LogP contribution in [0.3, 0.4) is 0 Å². The third kappa shape index (κ3) is 2.25. The van der Waals surface area contributed by atoms with Crippen molar-refractivity contribution in [2.75, 3.05) is 7.11 Å². The second-order valence-electron chi connectivity index (χ2n) is 3.88. The molecule has 0 fully saturated rings. The van der Waals surface area contributed by atoms with Crippen LogP contribution in [0.15, 0.2) is 4.52 Å². The molecule has 0 amide bonds. The van der Waals surface area contributed by atoms with Crippen molar-refractivity contribution in [2.24, 2.45) is 5.73 Å². The average molecular weight is 227 g/mol. The first-order chi connectivity index (χ1) is 7.63. The molecule has 0 spiro atoms. The zero-order chi connectivity index (χ0) is 12.2. The van der Waals surface area contributed by atoms with Crippen LogP contribution in [0.4, 0.5) is 0 Å². The highest BCUT2D eigenvalue weighted by Gasteiger charge is 2.34. The molecule has 5 nitrogen and oxygen atoms in total. The molecule has 0 aliphatic carbocycles. The molecule has 0 aliphatic heterocycles. The SMILES string of the molecule is CC[C@H](N)c1nc(C(CC)(CC)OC)no1. The number of hydrogen-bond acceptors (Lipinski definition) is 5. The molecular weight excluding hydrogens is 206 g/mol. The summed E-state index contributed by atoms with van der Waals surface area (Å²) in [7, 11) is 1.67. The fourth-order valence-corrected chi connectivity index (χ4v) is 1.69. The summed E-state index contributed by atoms with van der Waals surface area (Å²) in [5, 5.41) is 3.98. The fraction of sp³-hybridized carbons (Fsp3) is 0.818. The molecule has 1 heterocycles. The molecule has 92 valence electrons. The number of ether oxygens (including phenoxy) is 1. The molecule has 2 N–H and O–H groups in total. The Kier molecular flexibility index (Phi) is 4.44. The minimum absolute atomic E-state index is 0.190. The molecule has 0 saturated heterocycles.